The number of thiol groups is 1. The highest BCUT2D eigenvalue weighted by atomic mass is 35.5. The van der Waals surface area contributed by atoms with Gasteiger partial charge in [0.25, 0.3) is 0 Å². The lowest BCUT2D eigenvalue weighted by atomic mass is 10.2. The van der Waals surface area contributed by atoms with Crippen molar-refractivity contribution in [1.82, 2.24) is 14.3 Å². The Morgan fingerprint density at radius 2 is 2.16 bits per heavy atom. The zero-order valence-electron chi connectivity index (χ0n) is 9.94. The summed E-state index contributed by atoms with van der Waals surface area (Å²) in [6.45, 7) is 0.636. The van der Waals surface area contributed by atoms with Crippen LogP contribution in [0.2, 0.25) is 5.02 Å². The lowest BCUT2D eigenvalue weighted by molar-refractivity contribution is 0.512. The number of rotatable bonds is 1. The molecule has 100 valence electrons. The highest BCUT2D eigenvalue weighted by Crippen LogP contribution is 2.25. The van der Waals surface area contributed by atoms with Crippen molar-refractivity contribution in [3.05, 3.63) is 39.3 Å². The third-order valence-corrected chi connectivity index (χ3v) is 4.03. The van der Waals surface area contributed by atoms with Crippen molar-refractivity contribution in [3.8, 4) is 5.69 Å². The molecule has 3 rings (SSSR count). The van der Waals surface area contributed by atoms with E-state index in [1.165, 1.54) is 6.07 Å². The zero-order chi connectivity index (χ0) is 13.6. The highest BCUT2D eigenvalue weighted by Gasteiger charge is 2.19. The van der Waals surface area contributed by atoms with E-state index in [9.17, 15) is 9.18 Å². The van der Waals surface area contributed by atoms with Crippen LogP contribution in [0.15, 0.2) is 21.8 Å². The van der Waals surface area contributed by atoms with Gasteiger partial charge in [0.15, 0.2) is 5.82 Å². The number of aromatic nitrogens is 3. The Morgan fingerprint density at radius 3 is 2.89 bits per heavy atom. The Hall–Kier alpha value is -1.27. The first-order valence-electron chi connectivity index (χ1n) is 5.95. The summed E-state index contributed by atoms with van der Waals surface area (Å²) in [6, 6.07) is 2.56. The molecular formula is C12H11ClFN3OS. The number of halogens is 2. The van der Waals surface area contributed by atoms with E-state index in [1.807, 2.05) is 0 Å². The maximum Gasteiger partial charge on any atom is 0.350 e. The van der Waals surface area contributed by atoms with Crippen LogP contribution in [0.3, 0.4) is 0 Å². The van der Waals surface area contributed by atoms with Gasteiger partial charge in [-0.2, -0.15) is 4.68 Å². The van der Waals surface area contributed by atoms with Crippen LogP contribution in [-0.4, -0.2) is 14.3 Å². The summed E-state index contributed by atoms with van der Waals surface area (Å²) in [7, 11) is 0. The summed E-state index contributed by atoms with van der Waals surface area (Å²) in [5.74, 6) is 0.117. The van der Waals surface area contributed by atoms with Gasteiger partial charge in [-0.1, -0.05) is 11.6 Å². The Labute approximate surface area is 119 Å². The van der Waals surface area contributed by atoms with Gasteiger partial charge in [0.2, 0.25) is 0 Å². The van der Waals surface area contributed by atoms with Crippen molar-refractivity contribution < 1.29 is 4.39 Å². The summed E-state index contributed by atoms with van der Waals surface area (Å²) in [5, 5.41) is 4.41. The normalized spacial score (nSPS) is 14.5. The average molecular weight is 300 g/mol. The molecule has 0 saturated carbocycles. The Bertz CT molecular complexity index is 710. The minimum atomic E-state index is -0.583. The second-order valence-electron chi connectivity index (χ2n) is 4.47. The average Bonchev–Trinajstić information content (AvgIpc) is 2.72. The minimum Gasteiger partial charge on any atom is -0.279 e. The van der Waals surface area contributed by atoms with Crippen LogP contribution in [0.5, 0.6) is 0 Å². The molecule has 0 N–H and O–H groups in total. The highest BCUT2D eigenvalue weighted by molar-refractivity contribution is 7.80. The second-order valence-corrected chi connectivity index (χ2v) is 5.36. The first kappa shape index (κ1) is 12.7. The number of aryl methyl sites for hydroxylation is 1. The molecule has 0 amide bonds. The van der Waals surface area contributed by atoms with Crippen molar-refractivity contribution in [1.29, 1.82) is 0 Å². The van der Waals surface area contributed by atoms with Crippen LogP contribution >= 0.6 is 24.2 Å². The van der Waals surface area contributed by atoms with E-state index < -0.39 is 5.82 Å². The molecule has 19 heavy (non-hydrogen) atoms. The van der Waals surface area contributed by atoms with E-state index in [2.05, 4.69) is 17.7 Å². The molecular weight excluding hydrogens is 289 g/mol. The Balaban J connectivity index is 2.20. The quantitative estimate of drug-likeness (QED) is 0.822. The van der Waals surface area contributed by atoms with Crippen LogP contribution in [0, 0.1) is 5.82 Å². The maximum atomic E-state index is 13.9. The lowest BCUT2D eigenvalue weighted by Crippen LogP contribution is -2.26. The van der Waals surface area contributed by atoms with E-state index in [0.29, 0.717) is 17.3 Å². The van der Waals surface area contributed by atoms with Gasteiger partial charge >= 0.3 is 5.69 Å². The van der Waals surface area contributed by atoms with Gasteiger partial charge in [0.1, 0.15) is 11.5 Å². The Morgan fingerprint density at radius 1 is 1.37 bits per heavy atom. The fourth-order valence-electron chi connectivity index (χ4n) is 2.25. The molecule has 0 fully saturated rings. The number of nitrogens with zero attached hydrogens (tertiary/aromatic N) is 3. The largest absolute Gasteiger partial charge is 0.350 e. The molecule has 2 aromatic rings. The third kappa shape index (κ3) is 2.08. The van der Waals surface area contributed by atoms with E-state index in [-0.39, 0.29) is 16.4 Å². The fraction of sp³-hybridized carbons (Fsp3) is 0.333. The summed E-state index contributed by atoms with van der Waals surface area (Å²) in [6.07, 6.45) is 2.68. The molecule has 0 unspecified atom stereocenters. The summed E-state index contributed by atoms with van der Waals surface area (Å²) in [4.78, 5) is 12.6. The SMILES string of the molecule is O=c1n(-c2cc(S)c(Cl)cc2F)nc2n1CCCC2. The van der Waals surface area contributed by atoms with Crippen molar-refractivity contribution in [2.24, 2.45) is 0 Å². The third-order valence-electron chi connectivity index (χ3n) is 3.22. The smallest absolute Gasteiger partial charge is 0.279 e. The number of fused-ring (bicyclic) bond motifs is 1. The van der Waals surface area contributed by atoms with Crippen LogP contribution in [-0.2, 0) is 13.0 Å². The van der Waals surface area contributed by atoms with Gasteiger partial charge in [0.05, 0.1) is 5.02 Å². The van der Waals surface area contributed by atoms with Crippen LogP contribution in [0.4, 0.5) is 4.39 Å². The van der Waals surface area contributed by atoms with Crippen LogP contribution in [0.25, 0.3) is 5.69 Å². The van der Waals surface area contributed by atoms with Crippen molar-refractivity contribution in [3.63, 3.8) is 0 Å². The molecule has 0 saturated heterocycles. The van der Waals surface area contributed by atoms with Crippen LogP contribution in [0.1, 0.15) is 18.7 Å². The van der Waals surface area contributed by atoms with Gasteiger partial charge < -0.3 is 0 Å². The minimum absolute atomic E-state index is 0.0845. The number of benzene rings is 1. The lowest BCUT2D eigenvalue weighted by Gasteiger charge is -2.09. The predicted molar refractivity (Wildman–Crippen MR) is 73.0 cm³/mol. The van der Waals surface area contributed by atoms with Gasteiger partial charge in [-0.25, -0.2) is 9.18 Å². The molecule has 1 aliphatic heterocycles. The van der Waals surface area contributed by atoms with E-state index >= 15 is 0 Å². The monoisotopic (exact) mass is 299 g/mol. The second kappa shape index (κ2) is 4.68. The fourth-order valence-corrected chi connectivity index (χ4v) is 2.58. The van der Waals surface area contributed by atoms with Gasteiger partial charge in [-0.05, 0) is 25.0 Å². The first-order chi connectivity index (χ1) is 9.08. The predicted octanol–water partition coefficient (Wildman–Crippen LogP) is 2.45. The molecule has 0 atom stereocenters. The summed E-state index contributed by atoms with van der Waals surface area (Å²) >= 11 is 9.93. The number of hydrogen-bond acceptors (Lipinski definition) is 3. The maximum absolute atomic E-state index is 13.9. The molecule has 1 aromatic carbocycles. The molecule has 0 radical (unpaired) electrons. The molecule has 1 aromatic heterocycles. The molecule has 1 aliphatic rings. The van der Waals surface area contributed by atoms with Crippen LogP contribution < -0.4 is 5.69 Å². The molecule has 0 spiro atoms. The van der Waals surface area contributed by atoms with Crippen molar-refractivity contribution in [2.75, 3.05) is 0 Å². The van der Waals surface area contributed by atoms with E-state index in [1.54, 1.807) is 4.57 Å². The first-order valence-corrected chi connectivity index (χ1v) is 6.77. The Kier molecular flexibility index (Phi) is 3.14. The summed E-state index contributed by atoms with van der Waals surface area (Å²) < 4.78 is 16.6. The van der Waals surface area contributed by atoms with Gasteiger partial charge in [-0.3, -0.25) is 4.57 Å². The summed E-state index contributed by atoms with van der Waals surface area (Å²) in [5.41, 5.74) is -0.232. The molecule has 4 nitrogen and oxygen atoms in total. The van der Waals surface area contributed by atoms with Gasteiger partial charge in [-0.15, -0.1) is 17.7 Å². The molecule has 0 aliphatic carbocycles. The standard InChI is InChI=1S/C12H11ClFN3OS/c13-7-5-8(14)9(6-10(7)19)17-12(18)16-4-2-1-3-11(16)15-17/h5-6,19H,1-4H2. The van der Waals surface area contributed by atoms with E-state index in [0.717, 1.165) is 30.0 Å². The van der Waals surface area contributed by atoms with Crippen molar-refractivity contribution >= 4 is 24.2 Å². The number of hydrogen-bond donors (Lipinski definition) is 1. The molecule has 2 heterocycles. The van der Waals surface area contributed by atoms with Crippen molar-refractivity contribution in [2.45, 2.75) is 30.7 Å². The van der Waals surface area contributed by atoms with Gasteiger partial charge in [0, 0.05) is 17.9 Å². The topological polar surface area (TPSA) is 39.8 Å². The van der Waals surface area contributed by atoms with E-state index in [4.69, 9.17) is 11.6 Å². The molecule has 7 heteroatoms. The zero-order valence-corrected chi connectivity index (χ0v) is 11.6. The molecule has 0 bridgehead atoms.